The van der Waals surface area contributed by atoms with Crippen LogP contribution < -0.4 is 10.6 Å². The highest BCUT2D eigenvalue weighted by molar-refractivity contribution is 8.16. The summed E-state index contributed by atoms with van der Waals surface area (Å²) in [6.45, 7) is 6.71. The molecule has 23 heavy (non-hydrogen) atoms. The summed E-state index contributed by atoms with van der Waals surface area (Å²) in [7, 11) is 0. The number of rotatable bonds is 4. The van der Waals surface area contributed by atoms with Crippen molar-refractivity contribution in [2.75, 3.05) is 31.2 Å². The smallest absolute Gasteiger partial charge is 0.269 e. The van der Waals surface area contributed by atoms with E-state index in [1.54, 1.807) is 0 Å². The number of benzene rings is 1. The third-order valence-corrected chi connectivity index (χ3v) is 5.23. The van der Waals surface area contributed by atoms with Crippen molar-refractivity contribution in [3.8, 4) is 0 Å². The second-order valence-electron chi connectivity index (χ2n) is 5.57. The molecule has 1 aromatic carbocycles. The molecular weight excluding hydrogens is 314 g/mol. The van der Waals surface area contributed by atoms with Gasteiger partial charge < -0.3 is 20.1 Å². The SMILES string of the molecule is CCN(CC)c1ccc(C2OCC3(CO2)SC(N)=NC3=O)cc1. The number of amides is 1. The molecule has 0 unspecified atom stereocenters. The maximum atomic E-state index is 11.9. The van der Waals surface area contributed by atoms with Crippen LogP contribution in [-0.4, -0.2) is 42.1 Å². The predicted molar refractivity (Wildman–Crippen MR) is 91.6 cm³/mol. The van der Waals surface area contributed by atoms with E-state index >= 15 is 0 Å². The number of carbonyl (C=O) groups is 1. The maximum absolute atomic E-state index is 11.9. The summed E-state index contributed by atoms with van der Waals surface area (Å²) in [5.41, 5.74) is 7.74. The Morgan fingerprint density at radius 3 is 2.35 bits per heavy atom. The van der Waals surface area contributed by atoms with E-state index in [9.17, 15) is 4.79 Å². The number of anilines is 1. The maximum Gasteiger partial charge on any atom is 0.269 e. The van der Waals surface area contributed by atoms with E-state index in [1.807, 2.05) is 12.1 Å². The molecule has 7 heteroatoms. The fraction of sp³-hybridized carbons (Fsp3) is 0.500. The van der Waals surface area contributed by atoms with Crippen LogP contribution in [0.2, 0.25) is 0 Å². The molecule has 0 saturated carbocycles. The van der Waals surface area contributed by atoms with Crippen LogP contribution >= 0.6 is 11.8 Å². The first-order valence-corrected chi connectivity index (χ1v) is 8.55. The number of amidine groups is 1. The Labute approximate surface area is 140 Å². The Bertz CT molecular complexity index is 606. The summed E-state index contributed by atoms with van der Waals surface area (Å²) in [5.74, 6) is -0.268. The zero-order chi connectivity index (χ0) is 16.4. The standard InChI is InChI=1S/C16H21N3O3S/c1-3-19(4-2)12-7-5-11(6-8-12)13-21-9-16(10-22-13)14(20)18-15(17)23-16/h5-8,13H,3-4,9-10H2,1-2H3,(H2,17,18,20). The van der Waals surface area contributed by atoms with Crippen molar-refractivity contribution in [2.45, 2.75) is 24.9 Å². The van der Waals surface area contributed by atoms with Gasteiger partial charge in [0.15, 0.2) is 16.2 Å². The zero-order valence-corrected chi connectivity index (χ0v) is 14.1. The van der Waals surface area contributed by atoms with Gasteiger partial charge in [0.05, 0.1) is 13.2 Å². The number of aliphatic imine (C=N–C) groups is 1. The van der Waals surface area contributed by atoms with Gasteiger partial charge in [0, 0.05) is 24.3 Å². The molecular formula is C16H21N3O3S. The molecule has 2 N–H and O–H groups in total. The average molecular weight is 335 g/mol. The molecule has 3 rings (SSSR count). The molecule has 1 aromatic rings. The summed E-state index contributed by atoms with van der Waals surface area (Å²) in [6, 6.07) is 8.14. The molecule has 0 aliphatic carbocycles. The monoisotopic (exact) mass is 335 g/mol. The van der Waals surface area contributed by atoms with Gasteiger partial charge in [-0.3, -0.25) is 4.79 Å². The Kier molecular flexibility index (Phi) is 4.61. The Hall–Kier alpha value is -1.57. The van der Waals surface area contributed by atoms with Gasteiger partial charge in [-0.05, 0) is 26.0 Å². The van der Waals surface area contributed by atoms with Gasteiger partial charge in [0.1, 0.15) is 0 Å². The van der Waals surface area contributed by atoms with Crippen LogP contribution in [-0.2, 0) is 14.3 Å². The van der Waals surface area contributed by atoms with Gasteiger partial charge in [-0.2, -0.15) is 4.99 Å². The third kappa shape index (κ3) is 3.08. The Morgan fingerprint density at radius 2 is 1.87 bits per heavy atom. The Morgan fingerprint density at radius 1 is 1.26 bits per heavy atom. The topological polar surface area (TPSA) is 77.2 Å². The lowest BCUT2D eigenvalue weighted by molar-refractivity contribution is -0.196. The average Bonchev–Trinajstić information content (AvgIpc) is 2.83. The molecule has 6 nitrogen and oxygen atoms in total. The summed E-state index contributed by atoms with van der Waals surface area (Å²) in [6.07, 6.45) is -0.457. The lowest BCUT2D eigenvalue weighted by Crippen LogP contribution is -2.46. The molecule has 0 radical (unpaired) electrons. The van der Waals surface area contributed by atoms with Crippen molar-refractivity contribution in [3.63, 3.8) is 0 Å². The van der Waals surface area contributed by atoms with Crippen LogP contribution in [0, 0.1) is 0 Å². The minimum atomic E-state index is -0.804. The summed E-state index contributed by atoms with van der Waals surface area (Å²) < 4.78 is 10.7. The third-order valence-electron chi connectivity index (χ3n) is 4.13. The summed E-state index contributed by atoms with van der Waals surface area (Å²) >= 11 is 1.23. The van der Waals surface area contributed by atoms with E-state index in [0.717, 1.165) is 18.7 Å². The number of ether oxygens (including phenoxy) is 2. The van der Waals surface area contributed by atoms with Crippen molar-refractivity contribution >= 4 is 28.5 Å². The summed E-state index contributed by atoms with van der Waals surface area (Å²) in [5, 5.41) is 0.282. The van der Waals surface area contributed by atoms with Crippen molar-refractivity contribution < 1.29 is 14.3 Å². The highest BCUT2D eigenvalue weighted by Gasteiger charge is 2.49. The fourth-order valence-electron chi connectivity index (χ4n) is 2.78. The van der Waals surface area contributed by atoms with E-state index in [0.29, 0.717) is 0 Å². The number of hydrogen-bond donors (Lipinski definition) is 1. The van der Waals surface area contributed by atoms with Gasteiger partial charge in [-0.1, -0.05) is 23.9 Å². The zero-order valence-electron chi connectivity index (χ0n) is 13.3. The van der Waals surface area contributed by atoms with Crippen LogP contribution in [0.1, 0.15) is 25.7 Å². The molecule has 1 saturated heterocycles. The number of thioether (sulfide) groups is 1. The van der Waals surface area contributed by atoms with Crippen LogP contribution in [0.4, 0.5) is 5.69 Å². The van der Waals surface area contributed by atoms with Gasteiger partial charge in [0.2, 0.25) is 0 Å². The lowest BCUT2D eigenvalue weighted by atomic mass is 10.1. The van der Waals surface area contributed by atoms with E-state index in [1.165, 1.54) is 17.4 Å². The summed E-state index contributed by atoms with van der Waals surface area (Å²) in [4.78, 5) is 18.0. The van der Waals surface area contributed by atoms with Crippen LogP contribution in [0.15, 0.2) is 29.3 Å². The first-order chi connectivity index (χ1) is 11.1. The minimum absolute atomic E-state index is 0.253. The molecule has 0 atom stereocenters. The van der Waals surface area contributed by atoms with E-state index in [4.69, 9.17) is 15.2 Å². The van der Waals surface area contributed by atoms with Crippen LogP contribution in [0.25, 0.3) is 0 Å². The molecule has 2 heterocycles. The van der Waals surface area contributed by atoms with Gasteiger partial charge in [-0.25, -0.2) is 0 Å². The van der Waals surface area contributed by atoms with E-state index in [-0.39, 0.29) is 24.3 Å². The van der Waals surface area contributed by atoms with Crippen molar-refractivity contribution in [1.82, 2.24) is 0 Å². The van der Waals surface area contributed by atoms with E-state index < -0.39 is 11.0 Å². The molecule has 2 aliphatic rings. The highest BCUT2D eigenvalue weighted by Crippen LogP contribution is 2.39. The van der Waals surface area contributed by atoms with Gasteiger partial charge in [0.25, 0.3) is 5.91 Å². The van der Waals surface area contributed by atoms with E-state index in [2.05, 4.69) is 35.9 Å². The Balaban J connectivity index is 1.65. The molecule has 0 aromatic heterocycles. The lowest BCUT2D eigenvalue weighted by Gasteiger charge is -2.34. The fourth-order valence-corrected chi connectivity index (χ4v) is 3.70. The van der Waals surface area contributed by atoms with Gasteiger partial charge >= 0.3 is 0 Å². The van der Waals surface area contributed by atoms with Gasteiger partial charge in [-0.15, -0.1) is 0 Å². The molecule has 2 aliphatic heterocycles. The molecule has 124 valence electrons. The van der Waals surface area contributed by atoms with Crippen LogP contribution in [0.3, 0.4) is 0 Å². The second-order valence-corrected chi connectivity index (χ2v) is 6.97. The molecule has 1 amide bonds. The number of carbonyl (C=O) groups excluding carboxylic acids is 1. The second kappa shape index (κ2) is 6.51. The number of nitrogens with zero attached hydrogens (tertiary/aromatic N) is 2. The largest absolute Gasteiger partial charge is 0.378 e. The molecule has 1 fully saturated rings. The molecule has 1 spiro atoms. The first-order valence-electron chi connectivity index (χ1n) is 7.73. The predicted octanol–water partition coefficient (Wildman–Crippen LogP) is 1.91. The van der Waals surface area contributed by atoms with Crippen LogP contribution in [0.5, 0.6) is 0 Å². The van der Waals surface area contributed by atoms with Crippen molar-refractivity contribution in [1.29, 1.82) is 0 Å². The highest BCUT2D eigenvalue weighted by atomic mass is 32.2. The number of hydrogen-bond acceptors (Lipinski definition) is 6. The quantitative estimate of drug-likeness (QED) is 0.906. The number of nitrogens with two attached hydrogens (primary N) is 1. The van der Waals surface area contributed by atoms with Crippen molar-refractivity contribution in [3.05, 3.63) is 29.8 Å². The molecule has 0 bridgehead atoms. The van der Waals surface area contributed by atoms with Crippen molar-refractivity contribution in [2.24, 2.45) is 10.7 Å². The normalized spacial score (nSPS) is 27.3. The minimum Gasteiger partial charge on any atom is -0.378 e. The first kappa shape index (κ1) is 16.3.